The van der Waals surface area contributed by atoms with Gasteiger partial charge in [0, 0.05) is 11.1 Å². The largest absolute Gasteiger partial charge is 0.287 e. The third kappa shape index (κ3) is 1.07. The molecule has 5 heteroatoms. The molecule has 4 nitrogen and oxygen atoms in total. The topological polar surface area (TPSA) is 58.6 Å². The van der Waals surface area contributed by atoms with E-state index in [1.807, 2.05) is 18.2 Å². The van der Waals surface area contributed by atoms with Crippen LogP contribution in [0.25, 0.3) is 11.3 Å². The lowest BCUT2D eigenvalue weighted by atomic mass is 10.1. The van der Waals surface area contributed by atoms with Gasteiger partial charge in [0.25, 0.3) is 0 Å². The zero-order chi connectivity index (χ0) is 10.4. The van der Waals surface area contributed by atoms with E-state index in [0.717, 1.165) is 5.56 Å². The number of carbonyl (C=O) groups excluding carboxylic acids is 1. The van der Waals surface area contributed by atoms with Gasteiger partial charge in [-0.15, -0.1) is 0 Å². The Hall–Kier alpha value is -1.88. The van der Waals surface area contributed by atoms with Crippen molar-refractivity contribution in [3.05, 3.63) is 40.3 Å². The highest BCUT2D eigenvalue weighted by Crippen LogP contribution is 2.32. The molecule has 3 rings (SSSR count). The molecular formula is C10H5N3OS. The molecule has 0 aliphatic heterocycles. The van der Waals surface area contributed by atoms with Crippen LogP contribution in [0.1, 0.15) is 16.1 Å². The number of aromatic nitrogens is 3. The predicted molar refractivity (Wildman–Crippen MR) is 56.1 cm³/mol. The standard InChI is InChI=1S/C10H5N3OS/c14-9-6-4-2-1-3-5(6)7-8(9)11-10(15)13-12-7/h1-4H,(H,11,13,15). The lowest BCUT2D eigenvalue weighted by Gasteiger charge is -1.95. The summed E-state index contributed by atoms with van der Waals surface area (Å²) in [6, 6.07) is 7.31. The molecule has 0 saturated heterocycles. The molecule has 1 aliphatic carbocycles. The summed E-state index contributed by atoms with van der Waals surface area (Å²) in [5.74, 6) is -0.104. The van der Waals surface area contributed by atoms with E-state index < -0.39 is 0 Å². The summed E-state index contributed by atoms with van der Waals surface area (Å²) in [6.45, 7) is 0. The number of aromatic amines is 1. The molecule has 0 radical (unpaired) electrons. The number of carbonyl (C=O) groups is 1. The van der Waals surface area contributed by atoms with Crippen molar-refractivity contribution in [3.63, 3.8) is 0 Å². The molecule has 72 valence electrons. The first-order valence-electron chi connectivity index (χ1n) is 4.38. The van der Waals surface area contributed by atoms with Gasteiger partial charge in [-0.25, -0.2) is 4.98 Å². The number of hydrogen-bond donors (Lipinski definition) is 1. The van der Waals surface area contributed by atoms with Crippen LogP contribution in [0.15, 0.2) is 24.3 Å². The van der Waals surface area contributed by atoms with Gasteiger partial charge >= 0.3 is 0 Å². The van der Waals surface area contributed by atoms with Gasteiger partial charge in [0.1, 0.15) is 11.4 Å². The summed E-state index contributed by atoms with van der Waals surface area (Å²) >= 11 is 4.84. The van der Waals surface area contributed by atoms with Crippen LogP contribution in [0.2, 0.25) is 0 Å². The van der Waals surface area contributed by atoms with E-state index in [1.54, 1.807) is 6.07 Å². The maximum atomic E-state index is 11.9. The summed E-state index contributed by atoms with van der Waals surface area (Å²) in [6.07, 6.45) is 0. The van der Waals surface area contributed by atoms with Crippen LogP contribution in [0, 0.1) is 4.77 Å². The number of nitrogens with one attached hydrogen (secondary N) is 1. The van der Waals surface area contributed by atoms with Crippen molar-refractivity contribution in [1.29, 1.82) is 0 Å². The number of nitrogens with zero attached hydrogens (tertiary/aromatic N) is 2. The van der Waals surface area contributed by atoms with Gasteiger partial charge in [0.2, 0.25) is 10.6 Å². The zero-order valence-electron chi connectivity index (χ0n) is 7.52. The molecular weight excluding hydrogens is 210 g/mol. The molecule has 1 aromatic heterocycles. The minimum Gasteiger partial charge on any atom is -0.287 e. The first kappa shape index (κ1) is 8.43. The van der Waals surface area contributed by atoms with Gasteiger partial charge in [0.15, 0.2) is 0 Å². The minimum absolute atomic E-state index is 0.104. The molecule has 1 N–H and O–H groups in total. The van der Waals surface area contributed by atoms with Crippen LogP contribution in [0.5, 0.6) is 0 Å². The Labute approximate surface area is 90.0 Å². The second-order valence-electron chi connectivity index (χ2n) is 3.21. The van der Waals surface area contributed by atoms with E-state index in [9.17, 15) is 4.79 Å². The fourth-order valence-corrected chi connectivity index (χ4v) is 1.83. The Morgan fingerprint density at radius 1 is 1.13 bits per heavy atom. The van der Waals surface area contributed by atoms with E-state index in [2.05, 4.69) is 15.2 Å². The minimum atomic E-state index is -0.104. The van der Waals surface area contributed by atoms with Gasteiger partial charge in [-0.05, 0) is 12.2 Å². The highest BCUT2D eigenvalue weighted by atomic mass is 32.1. The van der Waals surface area contributed by atoms with Crippen molar-refractivity contribution < 1.29 is 4.79 Å². The first-order chi connectivity index (χ1) is 7.27. The summed E-state index contributed by atoms with van der Waals surface area (Å²) in [7, 11) is 0. The van der Waals surface area contributed by atoms with Gasteiger partial charge in [-0.1, -0.05) is 24.3 Å². The molecule has 0 spiro atoms. The Morgan fingerprint density at radius 3 is 2.67 bits per heavy atom. The van der Waals surface area contributed by atoms with Crippen LogP contribution < -0.4 is 0 Å². The second kappa shape index (κ2) is 2.80. The second-order valence-corrected chi connectivity index (χ2v) is 3.60. The number of hydrogen-bond acceptors (Lipinski definition) is 4. The number of fused-ring (bicyclic) bond motifs is 3. The van der Waals surface area contributed by atoms with E-state index in [4.69, 9.17) is 12.2 Å². The summed E-state index contributed by atoms with van der Waals surface area (Å²) in [4.78, 5) is 15.9. The third-order valence-corrected chi connectivity index (χ3v) is 2.53. The third-order valence-electron chi connectivity index (χ3n) is 2.34. The van der Waals surface area contributed by atoms with E-state index >= 15 is 0 Å². The van der Waals surface area contributed by atoms with Crippen LogP contribution in [0.3, 0.4) is 0 Å². The van der Waals surface area contributed by atoms with Crippen LogP contribution >= 0.6 is 12.2 Å². The quantitative estimate of drug-likeness (QED) is 0.580. The van der Waals surface area contributed by atoms with Crippen molar-refractivity contribution in [2.45, 2.75) is 0 Å². The van der Waals surface area contributed by atoms with Crippen LogP contribution in [-0.2, 0) is 0 Å². The summed E-state index contributed by atoms with van der Waals surface area (Å²) in [5, 5.41) is 6.63. The Bertz CT molecular complexity index is 633. The molecule has 0 amide bonds. The Kier molecular flexibility index (Phi) is 1.58. The molecule has 2 aromatic rings. The van der Waals surface area contributed by atoms with Crippen LogP contribution in [0.4, 0.5) is 0 Å². The first-order valence-corrected chi connectivity index (χ1v) is 4.79. The summed E-state index contributed by atoms with van der Waals surface area (Å²) in [5.41, 5.74) is 2.39. The highest BCUT2D eigenvalue weighted by Gasteiger charge is 2.29. The predicted octanol–water partition coefficient (Wildman–Crippen LogP) is 1.75. The normalized spacial score (nSPS) is 12.4. The van der Waals surface area contributed by atoms with Crippen molar-refractivity contribution in [2.75, 3.05) is 0 Å². The van der Waals surface area contributed by atoms with Gasteiger partial charge in [0.05, 0.1) is 0 Å². The number of ketones is 1. The van der Waals surface area contributed by atoms with Crippen molar-refractivity contribution in [1.82, 2.24) is 15.2 Å². The van der Waals surface area contributed by atoms with Gasteiger partial charge in [-0.3, -0.25) is 9.89 Å². The highest BCUT2D eigenvalue weighted by molar-refractivity contribution is 7.71. The number of H-pyrrole nitrogens is 1. The Morgan fingerprint density at radius 2 is 1.87 bits per heavy atom. The van der Waals surface area contributed by atoms with E-state index in [1.165, 1.54) is 0 Å². The van der Waals surface area contributed by atoms with Crippen molar-refractivity contribution in [3.8, 4) is 11.3 Å². The number of benzene rings is 1. The molecule has 0 fully saturated rings. The molecule has 1 heterocycles. The van der Waals surface area contributed by atoms with Crippen molar-refractivity contribution >= 4 is 18.0 Å². The smallest absolute Gasteiger partial charge is 0.214 e. The van der Waals surface area contributed by atoms with E-state index in [-0.39, 0.29) is 10.6 Å². The lowest BCUT2D eigenvalue weighted by molar-refractivity contribution is 0.103. The fourth-order valence-electron chi connectivity index (χ4n) is 1.70. The van der Waals surface area contributed by atoms with E-state index in [0.29, 0.717) is 17.0 Å². The maximum absolute atomic E-state index is 11.9. The monoisotopic (exact) mass is 215 g/mol. The molecule has 0 atom stereocenters. The summed E-state index contributed by atoms with van der Waals surface area (Å²) < 4.78 is 0.231. The zero-order valence-corrected chi connectivity index (χ0v) is 8.34. The molecule has 1 aliphatic rings. The van der Waals surface area contributed by atoms with Gasteiger partial charge < -0.3 is 0 Å². The van der Waals surface area contributed by atoms with Crippen LogP contribution in [-0.4, -0.2) is 21.0 Å². The molecule has 0 unspecified atom stereocenters. The Balaban J connectivity index is 2.42. The fraction of sp³-hybridized carbons (Fsp3) is 0. The average Bonchev–Trinajstić information content (AvgIpc) is 2.54. The maximum Gasteiger partial charge on any atom is 0.214 e. The van der Waals surface area contributed by atoms with Gasteiger partial charge in [-0.2, -0.15) is 5.10 Å². The SMILES string of the molecule is O=C1c2ccccc2-c2n[nH]c(=S)nc21. The molecule has 0 bridgehead atoms. The number of rotatable bonds is 0. The van der Waals surface area contributed by atoms with Crippen molar-refractivity contribution in [2.24, 2.45) is 0 Å². The molecule has 1 aromatic carbocycles. The molecule has 0 saturated carbocycles. The molecule has 15 heavy (non-hydrogen) atoms. The lowest BCUT2D eigenvalue weighted by Crippen LogP contribution is -2.00. The average molecular weight is 215 g/mol.